The van der Waals surface area contributed by atoms with Gasteiger partial charge in [0, 0.05) is 0 Å². The van der Waals surface area contributed by atoms with Gasteiger partial charge in [0.1, 0.15) is 0 Å². The maximum absolute atomic E-state index is 10.6. The van der Waals surface area contributed by atoms with Gasteiger partial charge in [-0.3, -0.25) is 0 Å². The summed E-state index contributed by atoms with van der Waals surface area (Å²) in [6.07, 6.45) is 6.70. The molecule has 2 aliphatic carbocycles. The molecule has 4 atom stereocenters. The molecule has 1 fully saturated rings. The van der Waals surface area contributed by atoms with E-state index in [1.807, 2.05) is 13.0 Å². The Morgan fingerprint density at radius 2 is 1.91 bits per heavy atom. The van der Waals surface area contributed by atoms with Gasteiger partial charge in [-0.05, 0) is 81.8 Å². The van der Waals surface area contributed by atoms with Crippen LogP contribution in [0.15, 0.2) is 34.9 Å². The van der Waals surface area contributed by atoms with Crippen LogP contribution in [0, 0.1) is 11.3 Å². The average Bonchev–Trinajstić information content (AvgIpc) is 2.77. The van der Waals surface area contributed by atoms with E-state index in [1.165, 1.54) is 5.57 Å². The van der Waals surface area contributed by atoms with Gasteiger partial charge in [-0.2, -0.15) is 0 Å². The fourth-order valence-corrected chi connectivity index (χ4v) is 4.25. The van der Waals surface area contributed by atoms with E-state index in [-0.39, 0.29) is 5.41 Å². The summed E-state index contributed by atoms with van der Waals surface area (Å²) in [5.74, 6) is 0.502. The lowest BCUT2D eigenvalue weighted by molar-refractivity contribution is 0.107. The highest BCUT2D eigenvalue weighted by molar-refractivity contribution is 5.24. The summed E-state index contributed by atoms with van der Waals surface area (Å²) in [5, 5.41) is 20.8. The molecule has 0 aromatic rings. The third-order valence-corrected chi connectivity index (χ3v) is 5.94. The van der Waals surface area contributed by atoms with E-state index in [0.29, 0.717) is 12.3 Å². The molecule has 2 nitrogen and oxygen atoms in total. The summed E-state index contributed by atoms with van der Waals surface area (Å²) < 4.78 is 0. The van der Waals surface area contributed by atoms with E-state index in [1.54, 1.807) is 5.57 Å². The molecule has 0 heterocycles. The van der Waals surface area contributed by atoms with E-state index in [9.17, 15) is 10.2 Å². The Kier molecular flexibility index (Phi) is 5.34. The minimum absolute atomic E-state index is 0.149. The molecule has 2 aliphatic rings. The summed E-state index contributed by atoms with van der Waals surface area (Å²) in [4.78, 5) is 0. The largest absolute Gasteiger partial charge is 0.389 e. The molecule has 0 amide bonds. The molecule has 1 saturated carbocycles. The van der Waals surface area contributed by atoms with Crippen LogP contribution >= 0.6 is 0 Å². The molecule has 2 N–H and O–H groups in total. The highest BCUT2D eigenvalue weighted by Crippen LogP contribution is 2.53. The summed E-state index contributed by atoms with van der Waals surface area (Å²) in [5.41, 5.74) is 5.06. The van der Waals surface area contributed by atoms with Crippen molar-refractivity contribution in [1.82, 2.24) is 0 Å². The molecule has 124 valence electrons. The minimum Gasteiger partial charge on any atom is -0.389 e. The molecule has 2 heteroatoms. The van der Waals surface area contributed by atoms with Crippen molar-refractivity contribution in [2.45, 2.75) is 78.4 Å². The molecule has 0 aromatic carbocycles. The molecule has 0 aromatic heterocycles. The van der Waals surface area contributed by atoms with Gasteiger partial charge in [-0.25, -0.2) is 0 Å². The van der Waals surface area contributed by atoms with E-state index >= 15 is 0 Å². The summed E-state index contributed by atoms with van der Waals surface area (Å²) >= 11 is 0. The highest BCUT2D eigenvalue weighted by Gasteiger charge is 2.43. The fraction of sp³-hybridized carbons (Fsp3) is 0.700. The van der Waals surface area contributed by atoms with Gasteiger partial charge in [-0.15, -0.1) is 0 Å². The van der Waals surface area contributed by atoms with Crippen molar-refractivity contribution < 1.29 is 10.2 Å². The van der Waals surface area contributed by atoms with Gasteiger partial charge in [0.2, 0.25) is 0 Å². The van der Waals surface area contributed by atoms with Crippen LogP contribution in [0.1, 0.15) is 66.2 Å². The second-order valence-electron chi connectivity index (χ2n) is 7.85. The SMILES string of the molecule is C=C1CC[C@@H]2C(=C(C)C)CC[C@@]2(C)C[C@H](O)/C(C)=C\CC1O. The second-order valence-corrected chi connectivity index (χ2v) is 7.85. The number of allylic oxidation sites excluding steroid dienone is 2. The minimum atomic E-state index is -0.483. The lowest BCUT2D eigenvalue weighted by Crippen LogP contribution is -2.29. The lowest BCUT2D eigenvalue weighted by atomic mass is 9.71. The summed E-state index contributed by atoms with van der Waals surface area (Å²) in [6.45, 7) is 12.8. The van der Waals surface area contributed by atoms with E-state index in [0.717, 1.165) is 43.3 Å². The third kappa shape index (κ3) is 3.55. The van der Waals surface area contributed by atoms with E-state index in [4.69, 9.17) is 0 Å². The molecule has 22 heavy (non-hydrogen) atoms. The van der Waals surface area contributed by atoms with Crippen LogP contribution in [0.4, 0.5) is 0 Å². The first-order valence-corrected chi connectivity index (χ1v) is 8.61. The first-order valence-electron chi connectivity index (χ1n) is 8.61. The molecule has 0 spiro atoms. The van der Waals surface area contributed by atoms with Crippen LogP contribution in [0.2, 0.25) is 0 Å². The number of aliphatic hydroxyl groups is 2. The first-order chi connectivity index (χ1) is 10.2. The topological polar surface area (TPSA) is 40.5 Å². The zero-order valence-corrected chi connectivity index (χ0v) is 14.7. The Labute approximate surface area is 135 Å². The van der Waals surface area contributed by atoms with Crippen molar-refractivity contribution in [3.05, 3.63) is 34.9 Å². The third-order valence-electron chi connectivity index (χ3n) is 5.94. The van der Waals surface area contributed by atoms with Gasteiger partial charge in [0.15, 0.2) is 0 Å². The molecule has 0 saturated heterocycles. The van der Waals surface area contributed by atoms with E-state index < -0.39 is 12.2 Å². The van der Waals surface area contributed by atoms with Crippen molar-refractivity contribution in [1.29, 1.82) is 0 Å². The van der Waals surface area contributed by atoms with Crippen molar-refractivity contribution >= 4 is 0 Å². The fourth-order valence-electron chi connectivity index (χ4n) is 4.25. The molecular weight excluding hydrogens is 272 g/mol. The molecule has 0 bridgehead atoms. The molecule has 2 rings (SSSR count). The highest BCUT2D eigenvalue weighted by atomic mass is 16.3. The predicted molar refractivity (Wildman–Crippen MR) is 92.6 cm³/mol. The zero-order chi connectivity index (χ0) is 16.5. The molecule has 0 aliphatic heterocycles. The molecule has 0 radical (unpaired) electrons. The Morgan fingerprint density at radius 3 is 2.55 bits per heavy atom. The number of rotatable bonds is 0. The van der Waals surface area contributed by atoms with Crippen LogP contribution in [0.25, 0.3) is 0 Å². The standard InChI is InChI=1S/C20H32O2/c1-13(2)16-10-11-20(5)12-19(22)15(4)7-9-18(21)14(3)6-8-17(16)20/h7,17-19,21-22H,3,6,8-12H2,1-2,4-5H3/b15-7-/t17-,18?,19+,20+/m1/s1. The molecule has 1 unspecified atom stereocenters. The van der Waals surface area contributed by atoms with Crippen LogP contribution < -0.4 is 0 Å². The Bertz CT molecular complexity index is 496. The van der Waals surface area contributed by atoms with Gasteiger partial charge in [0.25, 0.3) is 0 Å². The maximum atomic E-state index is 10.6. The smallest absolute Gasteiger partial charge is 0.0782 e. The van der Waals surface area contributed by atoms with Crippen LogP contribution in [-0.2, 0) is 0 Å². The number of hydrogen-bond acceptors (Lipinski definition) is 2. The van der Waals surface area contributed by atoms with Crippen molar-refractivity contribution in [3.63, 3.8) is 0 Å². The second kappa shape index (κ2) is 6.72. The van der Waals surface area contributed by atoms with Gasteiger partial charge in [-0.1, -0.05) is 30.7 Å². The summed E-state index contributed by atoms with van der Waals surface area (Å²) in [6, 6.07) is 0. The van der Waals surface area contributed by atoms with Crippen LogP contribution in [0.5, 0.6) is 0 Å². The average molecular weight is 304 g/mol. The van der Waals surface area contributed by atoms with E-state index in [2.05, 4.69) is 27.4 Å². The molecular formula is C20H32O2. The zero-order valence-electron chi connectivity index (χ0n) is 14.7. The van der Waals surface area contributed by atoms with Gasteiger partial charge in [0.05, 0.1) is 12.2 Å². The predicted octanol–water partition coefficient (Wildman–Crippen LogP) is 4.54. The van der Waals surface area contributed by atoms with Crippen LogP contribution in [0.3, 0.4) is 0 Å². The van der Waals surface area contributed by atoms with Crippen molar-refractivity contribution in [2.75, 3.05) is 0 Å². The lowest BCUT2D eigenvalue weighted by Gasteiger charge is -2.35. The first kappa shape index (κ1) is 17.5. The summed E-state index contributed by atoms with van der Waals surface area (Å²) in [7, 11) is 0. The Balaban J connectivity index is 2.36. The monoisotopic (exact) mass is 304 g/mol. The maximum Gasteiger partial charge on any atom is 0.0782 e. The van der Waals surface area contributed by atoms with Crippen molar-refractivity contribution in [2.24, 2.45) is 11.3 Å². The number of fused-ring (bicyclic) bond motifs is 1. The number of hydrogen-bond donors (Lipinski definition) is 2. The Morgan fingerprint density at radius 1 is 1.23 bits per heavy atom. The number of aliphatic hydroxyl groups excluding tert-OH is 2. The van der Waals surface area contributed by atoms with Crippen LogP contribution in [-0.4, -0.2) is 22.4 Å². The van der Waals surface area contributed by atoms with Crippen molar-refractivity contribution in [3.8, 4) is 0 Å². The van der Waals surface area contributed by atoms with Gasteiger partial charge >= 0.3 is 0 Å². The Hall–Kier alpha value is -0.860. The van der Waals surface area contributed by atoms with Gasteiger partial charge < -0.3 is 10.2 Å². The normalized spacial score (nSPS) is 39.7. The quantitative estimate of drug-likeness (QED) is 0.645.